The second-order valence-electron chi connectivity index (χ2n) is 6.74. The molecule has 1 N–H and O–H groups in total. The SMILES string of the molecule is O=C(COC(=O)c1ccc(F)c(F)c1)Nc1ccc2c(c1)OC1(CCCC1)O2. The zero-order valence-corrected chi connectivity index (χ0v) is 14.8. The van der Waals surface area contributed by atoms with E-state index in [2.05, 4.69) is 5.32 Å². The van der Waals surface area contributed by atoms with Crippen molar-refractivity contribution in [1.29, 1.82) is 0 Å². The van der Waals surface area contributed by atoms with E-state index >= 15 is 0 Å². The number of hydrogen-bond donors (Lipinski definition) is 1. The Morgan fingerprint density at radius 3 is 2.50 bits per heavy atom. The van der Waals surface area contributed by atoms with E-state index in [-0.39, 0.29) is 5.56 Å². The lowest BCUT2D eigenvalue weighted by molar-refractivity contribution is -0.119. The first-order valence-electron chi connectivity index (χ1n) is 8.88. The Morgan fingerprint density at radius 2 is 1.75 bits per heavy atom. The Morgan fingerprint density at radius 1 is 1.00 bits per heavy atom. The fourth-order valence-corrected chi connectivity index (χ4v) is 3.32. The van der Waals surface area contributed by atoms with Crippen LogP contribution in [0, 0.1) is 11.6 Å². The monoisotopic (exact) mass is 389 g/mol. The van der Waals surface area contributed by atoms with Crippen LogP contribution < -0.4 is 14.8 Å². The van der Waals surface area contributed by atoms with Gasteiger partial charge in [0.2, 0.25) is 0 Å². The van der Waals surface area contributed by atoms with Gasteiger partial charge in [0.05, 0.1) is 5.56 Å². The molecule has 0 bridgehead atoms. The van der Waals surface area contributed by atoms with Crippen LogP contribution in [-0.4, -0.2) is 24.3 Å². The van der Waals surface area contributed by atoms with Crippen LogP contribution in [0.3, 0.4) is 0 Å². The lowest BCUT2D eigenvalue weighted by atomic mass is 10.2. The maximum Gasteiger partial charge on any atom is 0.338 e. The molecular formula is C20H17F2NO5. The quantitative estimate of drug-likeness (QED) is 0.806. The van der Waals surface area contributed by atoms with Gasteiger partial charge < -0.3 is 19.5 Å². The highest BCUT2D eigenvalue weighted by Crippen LogP contribution is 2.47. The summed E-state index contributed by atoms with van der Waals surface area (Å²) in [6, 6.07) is 7.63. The summed E-state index contributed by atoms with van der Waals surface area (Å²) in [5.41, 5.74) is 0.280. The van der Waals surface area contributed by atoms with E-state index in [1.54, 1.807) is 18.2 Å². The van der Waals surface area contributed by atoms with E-state index in [9.17, 15) is 18.4 Å². The van der Waals surface area contributed by atoms with Crippen molar-refractivity contribution < 1.29 is 32.6 Å². The summed E-state index contributed by atoms with van der Waals surface area (Å²) in [4.78, 5) is 23.9. The number of fused-ring (bicyclic) bond motifs is 1. The lowest BCUT2D eigenvalue weighted by Gasteiger charge is -2.21. The minimum atomic E-state index is -1.17. The van der Waals surface area contributed by atoms with Crippen molar-refractivity contribution in [2.75, 3.05) is 11.9 Å². The molecular weight excluding hydrogens is 372 g/mol. The van der Waals surface area contributed by atoms with Gasteiger partial charge in [0.15, 0.2) is 29.7 Å². The Bertz CT molecular complexity index is 940. The fraction of sp³-hybridized carbons (Fsp3) is 0.300. The van der Waals surface area contributed by atoms with Gasteiger partial charge in [-0.15, -0.1) is 0 Å². The molecule has 146 valence electrons. The molecule has 1 aliphatic heterocycles. The molecule has 1 fully saturated rings. The molecule has 1 spiro atoms. The van der Waals surface area contributed by atoms with Crippen LogP contribution in [-0.2, 0) is 9.53 Å². The van der Waals surface area contributed by atoms with Gasteiger partial charge in [-0.25, -0.2) is 13.6 Å². The predicted octanol–water partition coefficient (Wildman–Crippen LogP) is 3.80. The minimum absolute atomic E-state index is 0.184. The van der Waals surface area contributed by atoms with Crippen molar-refractivity contribution in [1.82, 2.24) is 0 Å². The molecule has 2 aromatic rings. The van der Waals surface area contributed by atoms with Crippen molar-refractivity contribution in [2.24, 2.45) is 0 Å². The first-order chi connectivity index (χ1) is 13.4. The number of ether oxygens (including phenoxy) is 3. The van der Waals surface area contributed by atoms with Crippen LogP contribution in [0.4, 0.5) is 14.5 Å². The molecule has 1 amide bonds. The summed E-state index contributed by atoms with van der Waals surface area (Å²) >= 11 is 0. The molecule has 28 heavy (non-hydrogen) atoms. The van der Waals surface area contributed by atoms with Crippen LogP contribution >= 0.6 is 0 Å². The van der Waals surface area contributed by atoms with Gasteiger partial charge in [0.25, 0.3) is 11.7 Å². The highest BCUT2D eigenvalue weighted by atomic mass is 19.2. The van der Waals surface area contributed by atoms with Crippen LogP contribution in [0.5, 0.6) is 11.5 Å². The zero-order chi connectivity index (χ0) is 19.7. The molecule has 1 saturated carbocycles. The van der Waals surface area contributed by atoms with Crippen molar-refractivity contribution >= 4 is 17.6 Å². The van der Waals surface area contributed by atoms with E-state index in [4.69, 9.17) is 14.2 Å². The standard InChI is InChI=1S/C20H17F2NO5/c21-14-5-3-12(9-15(14)22)19(25)26-11-18(24)23-13-4-6-16-17(10-13)28-20(27-16)7-1-2-8-20/h3-6,9-10H,1-2,7-8,11H2,(H,23,24). The van der Waals surface area contributed by atoms with Crippen LogP contribution in [0.1, 0.15) is 36.0 Å². The molecule has 8 heteroatoms. The number of hydrogen-bond acceptors (Lipinski definition) is 5. The second-order valence-corrected chi connectivity index (χ2v) is 6.74. The molecule has 0 saturated heterocycles. The highest BCUT2D eigenvalue weighted by Gasteiger charge is 2.44. The van der Waals surface area contributed by atoms with Crippen molar-refractivity contribution in [2.45, 2.75) is 31.5 Å². The fourth-order valence-electron chi connectivity index (χ4n) is 3.32. The van der Waals surface area contributed by atoms with Gasteiger partial charge in [-0.05, 0) is 43.2 Å². The summed E-state index contributed by atoms with van der Waals surface area (Å²) in [5.74, 6) is -3.16. The van der Waals surface area contributed by atoms with Gasteiger partial charge in [0, 0.05) is 24.6 Å². The summed E-state index contributed by atoms with van der Waals surface area (Å²) in [6.45, 7) is -0.573. The molecule has 1 aliphatic carbocycles. The van der Waals surface area contributed by atoms with Crippen molar-refractivity contribution in [3.05, 3.63) is 53.6 Å². The van der Waals surface area contributed by atoms with Crippen LogP contribution in [0.15, 0.2) is 36.4 Å². The summed E-state index contributed by atoms with van der Waals surface area (Å²) < 4.78 is 42.7. The molecule has 2 aromatic carbocycles. The number of anilines is 1. The topological polar surface area (TPSA) is 73.9 Å². The molecule has 0 unspecified atom stereocenters. The number of halogens is 2. The Kier molecular flexibility index (Phi) is 4.62. The highest BCUT2D eigenvalue weighted by molar-refractivity contribution is 5.95. The summed E-state index contributed by atoms with van der Waals surface area (Å²) in [5, 5.41) is 2.59. The molecule has 0 aromatic heterocycles. The number of amides is 1. The first kappa shape index (κ1) is 18.2. The largest absolute Gasteiger partial charge is 0.452 e. The minimum Gasteiger partial charge on any atom is -0.452 e. The first-order valence-corrected chi connectivity index (χ1v) is 8.88. The van der Waals surface area contributed by atoms with E-state index in [1.807, 2.05) is 0 Å². The summed E-state index contributed by atoms with van der Waals surface area (Å²) in [6.07, 6.45) is 3.73. The number of carbonyl (C=O) groups excluding carboxylic acids is 2. The van der Waals surface area contributed by atoms with E-state index in [0.717, 1.165) is 37.8 Å². The molecule has 1 heterocycles. The Balaban J connectivity index is 1.33. The normalized spacial score (nSPS) is 16.2. The van der Waals surface area contributed by atoms with Crippen LogP contribution in [0.2, 0.25) is 0 Å². The van der Waals surface area contributed by atoms with Crippen LogP contribution in [0.25, 0.3) is 0 Å². The van der Waals surface area contributed by atoms with Gasteiger partial charge in [-0.1, -0.05) is 0 Å². The maximum absolute atomic E-state index is 13.2. The Hall–Kier alpha value is -3.16. The lowest BCUT2D eigenvalue weighted by Crippen LogP contribution is -2.34. The summed E-state index contributed by atoms with van der Waals surface area (Å²) in [7, 11) is 0. The number of nitrogens with one attached hydrogen (secondary N) is 1. The third-order valence-electron chi connectivity index (χ3n) is 4.67. The zero-order valence-electron chi connectivity index (χ0n) is 14.8. The molecule has 0 radical (unpaired) electrons. The van der Waals surface area contributed by atoms with Crippen molar-refractivity contribution in [3.63, 3.8) is 0 Å². The number of benzene rings is 2. The van der Waals surface area contributed by atoms with Crippen molar-refractivity contribution in [3.8, 4) is 11.5 Å². The number of rotatable bonds is 4. The molecule has 0 atom stereocenters. The van der Waals surface area contributed by atoms with E-state index in [1.165, 1.54) is 0 Å². The van der Waals surface area contributed by atoms with E-state index < -0.39 is 35.9 Å². The number of esters is 1. The van der Waals surface area contributed by atoms with Gasteiger partial charge in [0.1, 0.15) is 0 Å². The predicted molar refractivity (Wildman–Crippen MR) is 94.2 cm³/mol. The van der Waals surface area contributed by atoms with Gasteiger partial charge in [-0.3, -0.25) is 4.79 Å². The average Bonchev–Trinajstić information content (AvgIpc) is 3.27. The molecule has 6 nitrogen and oxygen atoms in total. The van der Waals surface area contributed by atoms with Gasteiger partial charge >= 0.3 is 5.97 Å². The third kappa shape index (κ3) is 3.62. The number of carbonyl (C=O) groups is 2. The maximum atomic E-state index is 13.2. The third-order valence-corrected chi connectivity index (χ3v) is 4.67. The Labute approximate surface area is 159 Å². The second kappa shape index (κ2) is 7.10. The van der Waals surface area contributed by atoms with E-state index in [0.29, 0.717) is 23.3 Å². The molecule has 4 rings (SSSR count). The smallest absolute Gasteiger partial charge is 0.338 e. The average molecular weight is 389 g/mol. The molecule has 2 aliphatic rings. The van der Waals surface area contributed by atoms with Gasteiger partial charge in [-0.2, -0.15) is 0 Å².